The molecule has 3 heteroatoms. The van der Waals surface area contributed by atoms with Crippen LogP contribution in [0.4, 0.5) is 0 Å². The Morgan fingerprint density at radius 3 is 2.43 bits per heavy atom. The maximum atomic E-state index is 5.77. The van der Waals surface area contributed by atoms with Crippen molar-refractivity contribution in [1.29, 1.82) is 0 Å². The number of hydrogen-bond donors (Lipinski definition) is 1. The Balaban J connectivity index is 1.88. The van der Waals surface area contributed by atoms with Gasteiger partial charge >= 0.3 is 0 Å². The molecule has 0 radical (unpaired) electrons. The van der Waals surface area contributed by atoms with Crippen LogP contribution in [0.5, 0.6) is 5.75 Å². The summed E-state index contributed by atoms with van der Waals surface area (Å²) in [4.78, 5) is 0. The lowest BCUT2D eigenvalue weighted by Crippen LogP contribution is -2.19. The lowest BCUT2D eigenvalue weighted by Gasteiger charge is -2.14. The van der Waals surface area contributed by atoms with Gasteiger partial charge in [-0.05, 0) is 30.2 Å². The van der Waals surface area contributed by atoms with Gasteiger partial charge in [-0.3, -0.25) is 0 Å². The number of halogens is 1. The average Bonchev–Trinajstić information content (AvgIpc) is 2.52. The van der Waals surface area contributed by atoms with Gasteiger partial charge in [-0.2, -0.15) is 0 Å². The van der Waals surface area contributed by atoms with Gasteiger partial charge < -0.3 is 10.1 Å². The predicted molar refractivity (Wildman–Crippen MR) is 88.6 cm³/mol. The second kappa shape index (κ2) is 7.87. The van der Waals surface area contributed by atoms with E-state index >= 15 is 0 Å². The van der Waals surface area contributed by atoms with Crippen LogP contribution in [0, 0.1) is 0 Å². The van der Waals surface area contributed by atoms with Gasteiger partial charge in [-0.1, -0.05) is 60.6 Å². The Morgan fingerprint density at radius 2 is 1.81 bits per heavy atom. The molecule has 2 nitrogen and oxygen atoms in total. The van der Waals surface area contributed by atoms with Crippen molar-refractivity contribution in [3.05, 3.63) is 77.3 Å². The van der Waals surface area contributed by atoms with E-state index in [1.807, 2.05) is 30.3 Å². The zero-order valence-electron chi connectivity index (χ0n) is 12.2. The monoisotopic (exact) mass is 301 g/mol. The lowest BCUT2D eigenvalue weighted by molar-refractivity contribution is 0.306. The van der Waals surface area contributed by atoms with E-state index in [0.717, 1.165) is 11.3 Å². The van der Waals surface area contributed by atoms with Crippen molar-refractivity contribution < 1.29 is 4.74 Å². The molecule has 0 heterocycles. The van der Waals surface area contributed by atoms with E-state index in [1.165, 1.54) is 5.56 Å². The van der Waals surface area contributed by atoms with Crippen molar-refractivity contribution in [2.24, 2.45) is 0 Å². The molecule has 21 heavy (non-hydrogen) atoms. The van der Waals surface area contributed by atoms with Crippen molar-refractivity contribution in [3.63, 3.8) is 0 Å². The molecule has 0 aromatic heterocycles. The predicted octanol–water partition coefficient (Wildman–Crippen LogP) is 4.67. The summed E-state index contributed by atoms with van der Waals surface area (Å²) in [6, 6.07) is 18.5. The van der Waals surface area contributed by atoms with Crippen LogP contribution in [0.1, 0.15) is 24.1 Å². The summed E-state index contributed by atoms with van der Waals surface area (Å²) in [7, 11) is 0. The zero-order chi connectivity index (χ0) is 15.1. The van der Waals surface area contributed by atoms with E-state index in [1.54, 1.807) is 0 Å². The second-order valence-corrected chi connectivity index (χ2v) is 5.50. The van der Waals surface area contributed by atoms with E-state index in [9.17, 15) is 0 Å². The van der Waals surface area contributed by atoms with E-state index < -0.39 is 0 Å². The van der Waals surface area contributed by atoms with Crippen molar-refractivity contribution >= 4 is 11.6 Å². The van der Waals surface area contributed by atoms with E-state index in [2.05, 4.69) is 43.1 Å². The Hall–Kier alpha value is -1.77. The van der Waals surface area contributed by atoms with Crippen LogP contribution in [0.2, 0.25) is 0 Å². The highest BCUT2D eigenvalue weighted by molar-refractivity contribution is 6.29. The summed E-state index contributed by atoms with van der Waals surface area (Å²) in [5.41, 5.74) is 2.36. The Labute approximate surface area is 131 Å². The van der Waals surface area contributed by atoms with Gasteiger partial charge in [0.05, 0.1) is 0 Å². The first-order valence-electron chi connectivity index (χ1n) is 6.98. The van der Waals surface area contributed by atoms with E-state index in [0.29, 0.717) is 18.2 Å². The third kappa shape index (κ3) is 5.25. The zero-order valence-corrected chi connectivity index (χ0v) is 12.9. The summed E-state index contributed by atoms with van der Waals surface area (Å²) in [6.07, 6.45) is 0. The highest BCUT2D eigenvalue weighted by Gasteiger charge is 2.05. The summed E-state index contributed by atoms with van der Waals surface area (Å²) >= 11 is 5.76. The highest BCUT2D eigenvalue weighted by atomic mass is 35.5. The Bertz CT molecular complexity index is 566. The number of nitrogens with one attached hydrogen (secondary N) is 1. The smallest absolute Gasteiger partial charge is 0.119 e. The maximum Gasteiger partial charge on any atom is 0.119 e. The Morgan fingerprint density at radius 1 is 1.14 bits per heavy atom. The fraction of sp³-hybridized carbons (Fsp3) is 0.222. The molecule has 2 aromatic carbocycles. The molecule has 0 fully saturated rings. The van der Waals surface area contributed by atoms with Crippen LogP contribution < -0.4 is 10.1 Å². The van der Waals surface area contributed by atoms with Gasteiger partial charge in [0.2, 0.25) is 0 Å². The van der Waals surface area contributed by atoms with Gasteiger partial charge in [0.1, 0.15) is 12.4 Å². The highest BCUT2D eigenvalue weighted by Crippen LogP contribution is 2.18. The third-order valence-electron chi connectivity index (χ3n) is 3.23. The largest absolute Gasteiger partial charge is 0.489 e. The Kier molecular flexibility index (Phi) is 5.85. The van der Waals surface area contributed by atoms with Crippen molar-refractivity contribution in [2.75, 3.05) is 6.54 Å². The fourth-order valence-electron chi connectivity index (χ4n) is 1.98. The van der Waals surface area contributed by atoms with Gasteiger partial charge in [0.15, 0.2) is 0 Å². The molecule has 0 saturated heterocycles. The van der Waals surface area contributed by atoms with Crippen LogP contribution in [-0.4, -0.2) is 6.54 Å². The SMILES string of the molecule is C=C(Cl)CNC(C)c1ccc(OCc2ccccc2)cc1. The molecule has 0 aliphatic heterocycles. The average molecular weight is 302 g/mol. The minimum atomic E-state index is 0.226. The third-order valence-corrected chi connectivity index (χ3v) is 3.36. The summed E-state index contributed by atoms with van der Waals surface area (Å²) in [6.45, 7) is 6.96. The number of benzene rings is 2. The van der Waals surface area contributed by atoms with E-state index in [-0.39, 0.29) is 6.04 Å². The number of ether oxygens (including phenoxy) is 1. The maximum absolute atomic E-state index is 5.77. The van der Waals surface area contributed by atoms with Crippen LogP contribution in [0.25, 0.3) is 0 Å². The van der Waals surface area contributed by atoms with Crippen LogP contribution in [0.15, 0.2) is 66.2 Å². The van der Waals surface area contributed by atoms with Crippen molar-refractivity contribution in [3.8, 4) is 5.75 Å². The van der Waals surface area contributed by atoms with Crippen LogP contribution in [0.3, 0.4) is 0 Å². The molecule has 0 saturated carbocycles. The topological polar surface area (TPSA) is 21.3 Å². The molecule has 2 rings (SSSR count). The summed E-state index contributed by atoms with van der Waals surface area (Å²) < 4.78 is 5.77. The van der Waals surface area contributed by atoms with Crippen LogP contribution >= 0.6 is 11.6 Å². The molecule has 1 N–H and O–H groups in total. The summed E-state index contributed by atoms with van der Waals surface area (Å²) in [5, 5.41) is 3.92. The normalized spacial score (nSPS) is 11.9. The van der Waals surface area contributed by atoms with Gasteiger partial charge in [0, 0.05) is 17.6 Å². The number of hydrogen-bond acceptors (Lipinski definition) is 2. The minimum absolute atomic E-state index is 0.226. The summed E-state index contributed by atoms with van der Waals surface area (Å²) in [5.74, 6) is 0.872. The van der Waals surface area contributed by atoms with E-state index in [4.69, 9.17) is 16.3 Å². The molecule has 0 bridgehead atoms. The molecule has 1 atom stereocenters. The molecular weight excluding hydrogens is 282 g/mol. The first kappa shape index (κ1) is 15.6. The van der Waals surface area contributed by atoms with Gasteiger partial charge in [0.25, 0.3) is 0 Å². The molecule has 110 valence electrons. The van der Waals surface area contributed by atoms with Gasteiger partial charge in [-0.15, -0.1) is 0 Å². The molecule has 0 aliphatic carbocycles. The molecule has 0 aliphatic rings. The minimum Gasteiger partial charge on any atom is -0.489 e. The van der Waals surface area contributed by atoms with Crippen molar-refractivity contribution in [2.45, 2.75) is 19.6 Å². The van der Waals surface area contributed by atoms with Gasteiger partial charge in [-0.25, -0.2) is 0 Å². The number of rotatable bonds is 7. The molecule has 1 unspecified atom stereocenters. The molecule has 0 amide bonds. The fourth-order valence-corrected chi connectivity index (χ4v) is 2.05. The van der Waals surface area contributed by atoms with Crippen LogP contribution in [-0.2, 0) is 6.61 Å². The standard InChI is InChI=1S/C18H20ClNO/c1-14(19)12-20-15(2)17-8-10-18(11-9-17)21-13-16-6-4-3-5-7-16/h3-11,15,20H,1,12-13H2,2H3. The molecule has 2 aromatic rings. The van der Waals surface area contributed by atoms with Crippen molar-refractivity contribution in [1.82, 2.24) is 5.32 Å². The lowest BCUT2D eigenvalue weighted by atomic mass is 10.1. The molecule has 0 spiro atoms. The first-order chi connectivity index (χ1) is 10.1. The quantitative estimate of drug-likeness (QED) is 0.802. The second-order valence-electron chi connectivity index (χ2n) is 4.96. The first-order valence-corrected chi connectivity index (χ1v) is 7.36. The molecular formula is C18H20ClNO.